The van der Waals surface area contributed by atoms with Crippen molar-refractivity contribution in [1.29, 1.82) is 0 Å². The molecule has 1 unspecified atom stereocenters. The summed E-state index contributed by atoms with van der Waals surface area (Å²) in [7, 11) is 1.62. The number of rotatable bonds is 6. The first-order valence-electron chi connectivity index (χ1n) is 9.36. The van der Waals surface area contributed by atoms with E-state index in [1.54, 1.807) is 19.2 Å². The summed E-state index contributed by atoms with van der Waals surface area (Å²) in [5, 5.41) is 12.2. The Morgan fingerprint density at radius 1 is 1.29 bits per heavy atom. The van der Waals surface area contributed by atoms with E-state index >= 15 is 0 Å². The molecule has 1 aromatic heterocycles. The highest BCUT2D eigenvalue weighted by Crippen LogP contribution is 2.18. The molecule has 0 bridgehead atoms. The molecule has 2 aromatic rings. The van der Waals surface area contributed by atoms with Gasteiger partial charge in [0.15, 0.2) is 0 Å². The lowest BCUT2D eigenvalue weighted by Crippen LogP contribution is -2.36. The zero-order valence-electron chi connectivity index (χ0n) is 15.9. The van der Waals surface area contributed by atoms with Crippen molar-refractivity contribution in [2.24, 2.45) is 0 Å². The zero-order chi connectivity index (χ0) is 19.9. The largest absolute Gasteiger partial charge is 0.497 e. The van der Waals surface area contributed by atoms with Crippen molar-refractivity contribution in [2.75, 3.05) is 13.7 Å². The molecule has 1 atom stereocenters. The number of nitrogens with zero attached hydrogens (tertiary/aromatic N) is 2. The van der Waals surface area contributed by atoms with Gasteiger partial charge in [0.1, 0.15) is 11.4 Å². The molecule has 0 radical (unpaired) electrons. The van der Waals surface area contributed by atoms with Gasteiger partial charge in [-0.2, -0.15) is 0 Å². The standard InChI is InChI=1S/C21H25N3O4/c1-28-18-4-2-3-15(11-18)13-24-10-8-17(5-6-20(24)26)23-21(27)19-12-16(14-25)7-9-22-19/h2-4,7,9,11-12,17,25H,5-6,8,10,13-14H2,1H3,(H,23,27). The molecule has 0 aliphatic carbocycles. The van der Waals surface area contributed by atoms with Gasteiger partial charge in [0.05, 0.1) is 13.7 Å². The molecular weight excluding hydrogens is 358 g/mol. The lowest BCUT2D eigenvalue weighted by Gasteiger charge is -2.21. The molecule has 1 fully saturated rings. The lowest BCUT2D eigenvalue weighted by atomic mass is 10.1. The van der Waals surface area contributed by atoms with Gasteiger partial charge in [-0.25, -0.2) is 0 Å². The summed E-state index contributed by atoms with van der Waals surface area (Å²) in [6, 6.07) is 10.8. The molecule has 7 nitrogen and oxygen atoms in total. The number of methoxy groups -OCH3 is 1. The normalized spacial score (nSPS) is 17.1. The Morgan fingerprint density at radius 3 is 2.93 bits per heavy atom. The fraction of sp³-hybridized carbons (Fsp3) is 0.381. The second kappa shape index (κ2) is 9.32. The summed E-state index contributed by atoms with van der Waals surface area (Å²) in [4.78, 5) is 30.8. The maximum atomic E-state index is 12.5. The predicted octanol–water partition coefficient (Wildman–Crippen LogP) is 1.89. The Balaban J connectivity index is 1.60. The van der Waals surface area contributed by atoms with Crippen molar-refractivity contribution in [3.05, 3.63) is 59.4 Å². The van der Waals surface area contributed by atoms with Crippen molar-refractivity contribution < 1.29 is 19.4 Å². The summed E-state index contributed by atoms with van der Waals surface area (Å²) >= 11 is 0. The number of benzene rings is 1. The first-order chi connectivity index (χ1) is 13.6. The van der Waals surface area contributed by atoms with E-state index in [0.29, 0.717) is 37.9 Å². The Bertz CT molecular complexity index is 840. The maximum Gasteiger partial charge on any atom is 0.270 e. The smallest absolute Gasteiger partial charge is 0.270 e. The van der Waals surface area contributed by atoms with Gasteiger partial charge < -0.3 is 20.1 Å². The number of aliphatic hydroxyl groups is 1. The number of aromatic nitrogens is 1. The third kappa shape index (κ3) is 5.07. The minimum atomic E-state index is -0.283. The van der Waals surface area contributed by atoms with Gasteiger partial charge in [0.25, 0.3) is 5.91 Å². The first-order valence-corrected chi connectivity index (χ1v) is 9.36. The fourth-order valence-corrected chi connectivity index (χ4v) is 3.30. The van der Waals surface area contributed by atoms with Gasteiger partial charge in [-0.15, -0.1) is 0 Å². The number of ether oxygens (including phenoxy) is 1. The molecule has 3 rings (SSSR count). The van der Waals surface area contributed by atoms with Crippen LogP contribution in [0.1, 0.15) is 40.9 Å². The van der Waals surface area contributed by atoms with Crippen LogP contribution in [-0.4, -0.2) is 46.5 Å². The number of hydrogen-bond donors (Lipinski definition) is 2. The van der Waals surface area contributed by atoms with E-state index in [-0.39, 0.29) is 30.2 Å². The average Bonchev–Trinajstić information content (AvgIpc) is 2.90. The molecule has 1 saturated heterocycles. The fourth-order valence-electron chi connectivity index (χ4n) is 3.30. The van der Waals surface area contributed by atoms with E-state index in [2.05, 4.69) is 10.3 Å². The van der Waals surface area contributed by atoms with Crippen LogP contribution in [0.25, 0.3) is 0 Å². The highest BCUT2D eigenvalue weighted by molar-refractivity contribution is 5.92. The van der Waals surface area contributed by atoms with E-state index in [4.69, 9.17) is 4.74 Å². The van der Waals surface area contributed by atoms with Gasteiger partial charge in [0.2, 0.25) is 5.91 Å². The summed E-state index contributed by atoms with van der Waals surface area (Å²) in [6.07, 6.45) is 3.17. The number of likely N-dealkylation sites (tertiary alicyclic amines) is 1. The van der Waals surface area contributed by atoms with E-state index in [0.717, 1.165) is 11.3 Å². The second-order valence-corrected chi connectivity index (χ2v) is 6.87. The van der Waals surface area contributed by atoms with Crippen molar-refractivity contribution >= 4 is 11.8 Å². The number of hydrogen-bond acceptors (Lipinski definition) is 5. The van der Waals surface area contributed by atoms with Crippen LogP contribution >= 0.6 is 0 Å². The first kappa shape index (κ1) is 19.8. The van der Waals surface area contributed by atoms with Gasteiger partial charge in [-0.05, 0) is 48.2 Å². The monoisotopic (exact) mass is 383 g/mol. The molecule has 0 saturated carbocycles. The van der Waals surface area contributed by atoms with Crippen LogP contribution < -0.4 is 10.1 Å². The van der Waals surface area contributed by atoms with Crippen molar-refractivity contribution in [3.8, 4) is 5.75 Å². The molecule has 1 aliphatic heterocycles. The van der Waals surface area contributed by atoms with Gasteiger partial charge in [-0.3, -0.25) is 14.6 Å². The highest BCUT2D eigenvalue weighted by Gasteiger charge is 2.24. The topological polar surface area (TPSA) is 91.8 Å². The molecule has 2 N–H and O–H groups in total. The van der Waals surface area contributed by atoms with Gasteiger partial charge >= 0.3 is 0 Å². The van der Waals surface area contributed by atoms with E-state index in [9.17, 15) is 14.7 Å². The van der Waals surface area contributed by atoms with Gasteiger partial charge in [-0.1, -0.05) is 12.1 Å². The maximum absolute atomic E-state index is 12.5. The van der Waals surface area contributed by atoms with Crippen LogP contribution in [0.2, 0.25) is 0 Å². The highest BCUT2D eigenvalue weighted by atomic mass is 16.5. The van der Waals surface area contributed by atoms with E-state index in [1.807, 2.05) is 29.2 Å². The summed E-state index contributed by atoms with van der Waals surface area (Å²) in [5.74, 6) is 0.566. The van der Waals surface area contributed by atoms with Crippen LogP contribution in [0.3, 0.4) is 0 Å². The summed E-state index contributed by atoms with van der Waals surface area (Å²) in [6.45, 7) is 0.960. The molecule has 28 heavy (non-hydrogen) atoms. The summed E-state index contributed by atoms with van der Waals surface area (Å²) in [5.41, 5.74) is 1.93. The number of carbonyl (C=O) groups is 2. The molecule has 1 aromatic carbocycles. The SMILES string of the molecule is COc1cccc(CN2CCC(NC(=O)c3cc(CO)ccn3)CCC2=O)c1. The lowest BCUT2D eigenvalue weighted by molar-refractivity contribution is -0.131. The van der Waals surface area contributed by atoms with Crippen LogP contribution in [0, 0.1) is 0 Å². The Morgan fingerprint density at radius 2 is 2.14 bits per heavy atom. The molecule has 7 heteroatoms. The van der Waals surface area contributed by atoms with E-state index in [1.165, 1.54) is 6.20 Å². The van der Waals surface area contributed by atoms with Crippen LogP contribution in [0.4, 0.5) is 0 Å². The Labute approximate surface area is 164 Å². The zero-order valence-corrected chi connectivity index (χ0v) is 15.9. The van der Waals surface area contributed by atoms with Crippen LogP contribution in [-0.2, 0) is 17.9 Å². The predicted molar refractivity (Wildman–Crippen MR) is 104 cm³/mol. The molecular formula is C21H25N3O4. The van der Waals surface area contributed by atoms with Crippen LogP contribution in [0.15, 0.2) is 42.6 Å². The molecule has 1 aliphatic rings. The van der Waals surface area contributed by atoms with Crippen molar-refractivity contribution in [1.82, 2.24) is 15.2 Å². The second-order valence-electron chi connectivity index (χ2n) is 6.87. The number of amides is 2. The Hall–Kier alpha value is -2.93. The van der Waals surface area contributed by atoms with Gasteiger partial charge in [0, 0.05) is 31.7 Å². The quantitative estimate of drug-likeness (QED) is 0.795. The number of pyridine rings is 1. The molecule has 0 spiro atoms. The number of carbonyl (C=O) groups excluding carboxylic acids is 2. The van der Waals surface area contributed by atoms with Crippen LogP contribution in [0.5, 0.6) is 5.75 Å². The minimum Gasteiger partial charge on any atom is -0.497 e. The Kier molecular flexibility index (Phi) is 6.60. The number of aliphatic hydroxyl groups excluding tert-OH is 1. The van der Waals surface area contributed by atoms with Crippen molar-refractivity contribution in [2.45, 2.75) is 38.5 Å². The third-order valence-corrected chi connectivity index (χ3v) is 4.89. The van der Waals surface area contributed by atoms with Crippen molar-refractivity contribution in [3.63, 3.8) is 0 Å². The molecule has 2 heterocycles. The molecule has 2 amide bonds. The minimum absolute atomic E-state index is 0.0833. The average molecular weight is 383 g/mol. The molecule has 148 valence electrons. The third-order valence-electron chi connectivity index (χ3n) is 4.89. The number of nitrogens with one attached hydrogen (secondary N) is 1. The summed E-state index contributed by atoms with van der Waals surface area (Å²) < 4.78 is 5.24. The van der Waals surface area contributed by atoms with E-state index < -0.39 is 0 Å².